The van der Waals surface area contributed by atoms with Gasteiger partial charge in [0.05, 0.1) is 5.69 Å². The minimum atomic E-state index is -0.358. The highest BCUT2D eigenvalue weighted by atomic mass is 16.1. The van der Waals surface area contributed by atoms with Crippen molar-refractivity contribution in [3.8, 4) is 5.69 Å². The van der Waals surface area contributed by atoms with Gasteiger partial charge in [0.1, 0.15) is 5.82 Å². The van der Waals surface area contributed by atoms with Gasteiger partial charge in [0, 0.05) is 19.3 Å². The largest absolute Gasteiger partial charge is 0.383 e. The van der Waals surface area contributed by atoms with Gasteiger partial charge < -0.3 is 16.4 Å². The van der Waals surface area contributed by atoms with Crippen LogP contribution in [0.1, 0.15) is 18.4 Å². The Bertz CT molecular complexity index is 725. The molecule has 0 bridgehead atoms. The van der Waals surface area contributed by atoms with E-state index in [9.17, 15) is 4.79 Å². The first-order valence-electron chi connectivity index (χ1n) is 8.52. The Morgan fingerprint density at radius 2 is 2.00 bits per heavy atom. The van der Waals surface area contributed by atoms with E-state index in [-0.39, 0.29) is 11.5 Å². The number of nitrogens with two attached hydrogens (primary N) is 2. The first-order chi connectivity index (χ1) is 11.7. The number of likely N-dealkylation sites (tertiary alicyclic amines) is 1. The maximum absolute atomic E-state index is 11.9. The van der Waals surface area contributed by atoms with Crippen LogP contribution in [0.5, 0.6) is 0 Å². The lowest BCUT2D eigenvalue weighted by molar-refractivity contribution is 0.180. The molecule has 2 aromatic rings. The number of hydrogen-bond acceptors (Lipinski definition) is 5. The molecule has 1 aliphatic rings. The quantitative estimate of drug-likeness (QED) is 0.856. The van der Waals surface area contributed by atoms with Crippen LogP contribution in [0.3, 0.4) is 0 Å². The smallest absolute Gasteiger partial charge is 0.354 e. The van der Waals surface area contributed by atoms with Gasteiger partial charge in [0.2, 0.25) is 0 Å². The van der Waals surface area contributed by atoms with Crippen molar-refractivity contribution in [3.63, 3.8) is 0 Å². The molecule has 6 nitrogen and oxygen atoms in total. The topological polar surface area (TPSA) is 90.2 Å². The average Bonchev–Trinajstić information content (AvgIpc) is 2.61. The van der Waals surface area contributed by atoms with Crippen LogP contribution < -0.4 is 17.2 Å². The Morgan fingerprint density at radius 3 is 2.71 bits per heavy atom. The van der Waals surface area contributed by atoms with E-state index < -0.39 is 0 Å². The predicted molar refractivity (Wildman–Crippen MR) is 96.2 cm³/mol. The van der Waals surface area contributed by atoms with Gasteiger partial charge in [-0.25, -0.2) is 4.79 Å². The number of nitrogens with zero attached hydrogens (tertiary/aromatic N) is 3. The molecule has 1 fully saturated rings. The number of anilines is 1. The number of nitrogen functional groups attached to an aromatic ring is 1. The van der Waals surface area contributed by atoms with Crippen LogP contribution in [0.4, 0.5) is 5.82 Å². The molecule has 4 N–H and O–H groups in total. The van der Waals surface area contributed by atoms with E-state index in [1.807, 2.05) is 12.1 Å². The predicted octanol–water partition coefficient (Wildman–Crippen LogP) is 1.03. The molecule has 3 rings (SSSR count). The molecule has 1 aromatic carbocycles. The third-order valence-corrected chi connectivity index (χ3v) is 4.69. The SMILES string of the molecule is NCC1CCCN(CCc2ccc(-n3ccc(N)nc3=O)cc2)C1. The highest BCUT2D eigenvalue weighted by Gasteiger charge is 2.18. The number of benzene rings is 1. The van der Waals surface area contributed by atoms with Crippen molar-refractivity contribution in [2.75, 3.05) is 31.9 Å². The maximum atomic E-state index is 11.9. The summed E-state index contributed by atoms with van der Waals surface area (Å²) >= 11 is 0. The van der Waals surface area contributed by atoms with E-state index >= 15 is 0 Å². The monoisotopic (exact) mass is 327 g/mol. The molecule has 1 atom stereocenters. The van der Waals surface area contributed by atoms with Crippen molar-refractivity contribution < 1.29 is 0 Å². The van der Waals surface area contributed by atoms with Crippen LogP contribution in [0.2, 0.25) is 0 Å². The van der Waals surface area contributed by atoms with Gasteiger partial charge in [0.25, 0.3) is 0 Å². The number of piperidine rings is 1. The van der Waals surface area contributed by atoms with E-state index in [0.717, 1.165) is 31.7 Å². The molecule has 24 heavy (non-hydrogen) atoms. The molecule has 6 heteroatoms. The van der Waals surface area contributed by atoms with Gasteiger partial charge in [-0.05, 0) is 62.0 Å². The van der Waals surface area contributed by atoms with Crippen LogP contribution in [0.25, 0.3) is 5.69 Å². The fourth-order valence-corrected chi connectivity index (χ4v) is 3.27. The molecule has 0 aliphatic carbocycles. The highest BCUT2D eigenvalue weighted by molar-refractivity contribution is 5.36. The molecule has 1 unspecified atom stereocenters. The van der Waals surface area contributed by atoms with Crippen molar-refractivity contribution in [2.45, 2.75) is 19.3 Å². The number of aromatic nitrogens is 2. The zero-order valence-electron chi connectivity index (χ0n) is 13.9. The summed E-state index contributed by atoms with van der Waals surface area (Å²) in [6.45, 7) is 4.12. The second kappa shape index (κ2) is 7.59. The summed E-state index contributed by atoms with van der Waals surface area (Å²) in [5.74, 6) is 0.885. The average molecular weight is 327 g/mol. The van der Waals surface area contributed by atoms with E-state index in [0.29, 0.717) is 5.92 Å². The van der Waals surface area contributed by atoms with Crippen LogP contribution >= 0.6 is 0 Å². The first-order valence-corrected chi connectivity index (χ1v) is 8.52. The molecule has 1 aliphatic heterocycles. The fraction of sp³-hybridized carbons (Fsp3) is 0.444. The Balaban J connectivity index is 1.61. The van der Waals surface area contributed by atoms with Gasteiger partial charge in [-0.2, -0.15) is 4.98 Å². The zero-order chi connectivity index (χ0) is 16.9. The van der Waals surface area contributed by atoms with Crippen LogP contribution in [-0.2, 0) is 6.42 Å². The Hall–Kier alpha value is -2.18. The second-order valence-electron chi connectivity index (χ2n) is 6.47. The van der Waals surface area contributed by atoms with Crippen LogP contribution in [0, 0.1) is 5.92 Å². The Kier molecular flexibility index (Phi) is 5.27. The summed E-state index contributed by atoms with van der Waals surface area (Å²) in [7, 11) is 0. The van der Waals surface area contributed by atoms with Crippen LogP contribution in [-0.4, -0.2) is 40.6 Å². The van der Waals surface area contributed by atoms with Gasteiger partial charge in [-0.3, -0.25) is 4.57 Å². The third-order valence-electron chi connectivity index (χ3n) is 4.69. The number of rotatable bonds is 5. The molecule has 0 saturated carbocycles. The number of hydrogen-bond donors (Lipinski definition) is 2. The normalized spacial score (nSPS) is 18.6. The Labute approximate surface area is 142 Å². The standard InChI is InChI=1S/C18H25N5O/c19-12-15-2-1-9-22(13-15)10-7-14-3-5-16(6-4-14)23-11-8-17(20)21-18(23)24/h3-6,8,11,15H,1-2,7,9-10,12-13,19H2,(H2,20,21,24). The zero-order valence-corrected chi connectivity index (χ0v) is 13.9. The van der Waals surface area contributed by atoms with Gasteiger partial charge >= 0.3 is 5.69 Å². The molecule has 0 spiro atoms. The summed E-state index contributed by atoms with van der Waals surface area (Å²) in [6.07, 6.45) is 5.16. The third kappa shape index (κ3) is 4.01. The van der Waals surface area contributed by atoms with E-state index in [2.05, 4.69) is 22.0 Å². The van der Waals surface area contributed by atoms with Gasteiger partial charge in [-0.15, -0.1) is 0 Å². The second-order valence-corrected chi connectivity index (χ2v) is 6.47. The maximum Gasteiger partial charge on any atom is 0.354 e. The summed E-state index contributed by atoms with van der Waals surface area (Å²) in [6, 6.07) is 9.67. The van der Waals surface area contributed by atoms with E-state index in [4.69, 9.17) is 11.5 Å². The van der Waals surface area contributed by atoms with Crippen molar-refractivity contribution in [1.82, 2.24) is 14.5 Å². The summed E-state index contributed by atoms with van der Waals surface area (Å²) < 4.78 is 1.50. The van der Waals surface area contributed by atoms with Crippen LogP contribution in [0.15, 0.2) is 41.3 Å². The molecular formula is C18H25N5O. The lowest BCUT2D eigenvalue weighted by Gasteiger charge is -2.32. The lowest BCUT2D eigenvalue weighted by Crippen LogP contribution is -2.39. The van der Waals surface area contributed by atoms with Gasteiger partial charge in [-0.1, -0.05) is 12.1 Å². The molecule has 1 aromatic heterocycles. The molecule has 1 saturated heterocycles. The minimum Gasteiger partial charge on any atom is -0.383 e. The van der Waals surface area contributed by atoms with Crippen molar-refractivity contribution in [2.24, 2.45) is 11.7 Å². The summed E-state index contributed by atoms with van der Waals surface area (Å²) in [5, 5.41) is 0. The summed E-state index contributed by atoms with van der Waals surface area (Å²) in [5.41, 5.74) is 13.0. The molecule has 128 valence electrons. The fourth-order valence-electron chi connectivity index (χ4n) is 3.27. The van der Waals surface area contributed by atoms with Crippen molar-refractivity contribution in [1.29, 1.82) is 0 Å². The highest BCUT2D eigenvalue weighted by Crippen LogP contribution is 2.16. The van der Waals surface area contributed by atoms with Crippen molar-refractivity contribution >= 4 is 5.82 Å². The van der Waals surface area contributed by atoms with E-state index in [1.54, 1.807) is 12.3 Å². The summed E-state index contributed by atoms with van der Waals surface area (Å²) in [4.78, 5) is 18.1. The molecule has 0 radical (unpaired) electrons. The van der Waals surface area contributed by atoms with Gasteiger partial charge in [0.15, 0.2) is 0 Å². The Morgan fingerprint density at radius 1 is 1.21 bits per heavy atom. The van der Waals surface area contributed by atoms with Crippen molar-refractivity contribution in [3.05, 3.63) is 52.6 Å². The first kappa shape index (κ1) is 16.7. The molecular weight excluding hydrogens is 302 g/mol. The molecule has 0 amide bonds. The minimum absolute atomic E-state index is 0.241. The van der Waals surface area contributed by atoms with E-state index in [1.165, 1.54) is 29.5 Å². The lowest BCUT2D eigenvalue weighted by atomic mass is 9.98. The molecule has 2 heterocycles.